The molecule has 0 saturated heterocycles. The molecule has 22 heavy (non-hydrogen) atoms. The quantitative estimate of drug-likeness (QED) is 0.850. The SMILES string of the molecule is C=C(C)c1cc(C(F)(F)F)ccc1NC(=O)c1ccccc1. The fourth-order valence-electron chi connectivity index (χ4n) is 1.97. The molecule has 2 nitrogen and oxygen atoms in total. The molecule has 1 N–H and O–H groups in total. The van der Waals surface area contributed by atoms with E-state index in [4.69, 9.17) is 0 Å². The summed E-state index contributed by atoms with van der Waals surface area (Å²) >= 11 is 0. The summed E-state index contributed by atoms with van der Waals surface area (Å²) in [6.07, 6.45) is -4.44. The average Bonchev–Trinajstić information content (AvgIpc) is 2.47. The van der Waals surface area contributed by atoms with E-state index in [0.717, 1.165) is 12.1 Å². The Hall–Kier alpha value is -2.56. The molecule has 0 spiro atoms. The normalized spacial score (nSPS) is 11.1. The number of benzene rings is 2. The average molecular weight is 305 g/mol. The van der Waals surface area contributed by atoms with Gasteiger partial charge in [-0.05, 0) is 42.8 Å². The fourth-order valence-corrected chi connectivity index (χ4v) is 1.97. The van der Waals surface area contributed by atoms with Gasteiger partial charge in [-0.3, -0.25) is 4.79 Å². The lowest BCUT2D eigenvalue weighted by Gasteiger charge is -2.14. The van der Waals surface area contributed by atoms with Crippen LogP contribution in [0.15, 0.2) is 55.1 Å². The molecule has 0 saturated carbocycles. The number of carbonyl (C=O) groups excluding carboxylic acids is 1. The van der Waals surface area contributed by atoms with E-state index in [9.17, 15) is 18.0 Å². The number of allylic oxidation sites excluding steroid dienone is 1. The molecule has 0 aliphatic heterocycles. The number of anilines is 1. The van der Waals surface area contributed by atoms with Crippen LogP contribution in [0.25, 0.3) is 5.57 Å². The number of rotatable bonds is 3. The lowest BCUT2D eigenvalue weighted by molar-refractivity contribution is -0.137. The Morgan fingerprint density at radius 1 is 1.09 bits per heavy atom. The number of alkyl halides is 3. The van der Waals surface area contributed by atoms with E-state index in [2.05, 4.69) is 11.9 Å². The maximum Gasteiger partial charge on any atom is 0.416 e. The van der Waals surface area contributed by atoms with Crippen molar-refractivity contribution in [2.45, 2.75) is 13.1 Å². The van der Waals surface area contributed by atoms with Gasteiger partial charge in [0.1, 0.15) is 0 Å². The van der Waals surface area contributed by atoms with E-state index in [1.54, 1.807) is 37.3 Å². The van der Waals surface area contributed by atoms with Gasteiger partial charge in [0, 0.05) is 16.8 Å². The molecule has 0 heterocycles. The summed E-state index contributed by atoms with van der Waals surface area (Å²) in [5.74, 6) is -0.386. The fraction of sp³-hybridized carbons (Fsp3) is 0.118. The minimum absolute atomic E-state index is 0.263. The van der Waals surface area contributed by atoms with Gasteiger partial charge in [0.2, 0.25) is 0 Å². The molecule has 0 aliphatic carbocycles. The van der Waals surface area contributed by atoms with E-state index >= 15 is 0 Å². The van der Waals surface area contributed by atoms with Gasteiger partial charge in [-0.15, -0.1) is 0 Å². The molecule has 0 atom stereocenters. The van der Waals surface area contributed by atoms with Crippen molar-refractivity contribution in [2.75, 3.05) is 5.32 Å². The van der Waals surface area contributed by atoms with Crippen LogP contribution < -0.4 is 5.32 Å². The molecular weight excluding hydrogens is 291 g/mol. The van der Waals surface area contributed by atoms with Crippen LogP contribution in [0.1, 0.15) is 28.4 Å². The number of nitrogens with one attached hydrogen (secondary N) is 1. The van der Waals surface area contributed by atoms with E-state index in [-0.39, 0.29) is 11.5 Å². The van der Waals surface area contributed by atoms with Gasteiger partial charge in [-0.2, -0.15) is 13.2 Å². The van der Waals surface area contributed by atoms with Crippen LogP contribution in [-0.4, -0.2) is 5.91 Å². The summed E-state index contributed by atoms with van der Waals surface area (Å²) in [5.41, 5.74) is 0.654. The van der Waals surface area contributed by atoms with Crippen molar-refractivity contribution in [3.8, 4) is 0 Å². The van der Waals surface area contributed by atoms with Gasteiger partial charge < -0.3 is 5.32 Å². The zero-order valence-corrected chi connectivity index (χ0v) is 11.9. The van der Waals surface area contributed by atoms with Crippen LogP contribution in [0, 0.1) is 0 Å². The Morgan fingerprint density at radius 2 is 1.73 bits per heavy atom. The highest BCUT2D eigenvalue weighted by molar-refractivity contribution is 6.05. The highest BCUT2D eigenvalue weighted by Gasteiger charge is 2.31. The molecule has 2 aromatic carbocycles. The zero-order valence-electron chi connectivity index (χ0n) is 11.9. The standard InChI is InChI=1S/C17H14F3NO/c1-11(2)14-10-13(17(18,19)20)8-9-15(14)21-16(22)12-6-4-3-5-7-12/h3-10H,1H2,2H3,(H,21,22). The molecule has 0 aliphatic rings. The molecule has 0 aromatic heterocycles. The van der Waals surface area contributed by atoms with Crippen LogP contribution in [0.4, 0.5) is 18.9 Å². The van der Waals surface area contributed by atoms with Crippen LogP contribution >= 0.6 is 0 Å². The largest absolute Gasteiger partial charge is 0.416 e. The van der Waals surface area contributed by atoms with Crippen molar-refractivity contribution < 1.29 is 18.0 Å². The zero-order chi connectivity index (χ0) is 16.3. The summed E-state index contributed by atoms with van der Waals surface area (Å²) in [5, 5.41) is 2.62. The van der Waals surface area contributed by atoms with Crippen LogP contribution in [0.2, 0.25) is 0 Å². The smallest absolute Gasteiger partial charge is 0.321 e. The number of amides is 1. The van der Waals surface area contributed by atoms with Crippen molar-refractivity contribution >= 4 is 17.2 Å². The third kappa shape index (κ3) is 3.55. The summed E-state index contributed by atoms with van der Waals surface area (Å²) in [7, 11) is 0. The number of carbonyl (C=O) groups is 1. The van der Waals surface area contributed by atoms with Gasteiger partial charge in [0.05, 0.1) is 5.56 Å². The first-order valence-corrected chi connectivity index (χ1v) is 6.52. The number of halogens is 3. The number of hydrogen-bond donors (Lipinski definition) is 1. The van der Waals surface area contributed by atoms with Crippen LogP contribution in [-0.2, 0) is 6.18 Å². The summed E-state index contributed by atoms with van der Waals surface area (Å²) in [6.45, 7) is 5.26. The predicted octanol–water partition coefficient (Wildman–Crippen LogP) is 4.99. The Morgan fingerprint density at radius 3 is 2.27 bits per heavy atom. The Kier molecular flexibility index (Phi) is 4.35. The molecule has 2 rings (SSSR count). The van der Waals surface area contributed by atoms with Gasteiger partial charge in [0.15, 0.2) is 0 Å². The molecular formula is C17H14F3NO. The predicted molar refractivity (Wildman–Crippen MR) is 80.5 cm³/mol. The molecule has 0 radical (unpaired) electrons. The van der Waals surface area contributed by atoms with Gasteiger partial charge in [-0.1, -0.05) is 24.8 Å². The first-order valence-electron chi connectivity index (χ1n) is 6.52. The summed E-state index contributed by atoms with van der Waals surface area (Å²) in [4.78, 5) is 12.1. The maximum absolute atomic E-state index is 12.8. The minimum atomic E-state index is -4.44. The maximum atomic E-state index is 12.8. The molecule has 0 fully saturated rings. The van der Waals surface area contributed by atoms with Gasteiger partial charge in [-0.25, -0.2) is 0 Å². The first-order chi connectivity index (χ1) is 10.3. The van der Waals surface area contributed by atoms with Gasteiger partial charge in [0.25, 0.3) is 5.91 Å². The van der Waals surface area contributed by atoms with Crippen molar-refractivity contribution in [1.29, 1.82) is 0 Å². The Balaban J connectivity index is 2.35. The first kappa shape index (κ1) is 15.8. The highest BCUT2D eigenvalue weighted by Crippen LogP contribution is 2.34. The number of hydrogen-bond acceptors (Lipinski definition) is 1. The lowest BCUT2D eigenvalue weighted by Crippen LogP contribution is -2.14. The topological polar surface area (TPSA) is 29.1 Å². The molecule has 0 bridgehead atoms. The second-order valence-electron chi connectivity index (χ2n) is 4.86. The van der Waals surface area contributed by atoms with Crippen molar-refractivity contribution in [2.24, 2.45) is 0 Å². The summed E-state index contributed by atoms with van der Waals surface area (Å²) in [6, 6.07) is 11.6. The molecule has 0 unspecified atom stereocenters. The van der Waals surface area contributed by atoms with Crippen molar-refractivity contribution in [3.63, 3.8) is 0 Å². The van der Waals surface area contributed by atoms with E-state index in [1.165, 1.54) is 6.07 Å². The third-order valence-electron chi connectivity index (χ3n) is 3.09. The molecule has 1 amide bonds. The molecule has 5 heteroatoms. The second kappa shape index (κ2) is 6.05. The van der Waals surface area contributed by atoms with Crippen LogP contribution in [0.5, 0.6) is 0 Å². The highest BCUT2D eigenvalue weighted by atomic mass is 19.4. The molecule has 2 aromatic rings. The summed E-state index contributed by atoms with van der Waals surface area (Å²) < 4.78 is 38.3. The Labute approximate surface area is 126 Å². The van der Waals surface area contributed by atoms with Crippen LogP contribution in [0.3, 0.4) is 0 Å². The van der Waals surface area contributed by atoms with Gasteiger partial charge >= 0.3 is 6.18 Å². The van der Waals surface area contributed by atoms with E-state index in [1.807, 2.05) is 0 Å². The van der Waals surface area contributed by atoms with E-state index < -0.39 is 11.7 Å². The van der Waals surface area contributed by atoms with Crippen molar-refractivity contribution in [3.05, 3.63) is 71.8 Å². The lowest BCUT2D eigenvalue weighted by atomic mass is 10.0. The monoisotopic (exact) mass is 305 g/mol. The Bertz CT molecular complexity index is 706. The second-order valence-corrected chi connectivity index (χ2v) is 4.86. The molecule has 114 valence electrons. The third-order valence-corrected chi connectivity index (χ3v) is 3.09. The van der Waals surface area contributed by atoms with E-state index in [0.29, 0.717) is 16.8 Å². The minimum Gasteiger partial charge on any atom is -0.321 e. The van der Waals surface area contributed by atoms with Crippen molar-refractivity contribution in [1.82, 2.24) is 0 Å².